The molecule has 0 bridgehead atoms. The SMILES string of the molecule is CNC(=O)C1CCCN1C(=O)C1CCCC(CCN)C1. The second kappa shape index (κ2) is 7.07. The molecule has 1 aliphatic carbocycles. The van der Waals surface area contributed by atoms with Gasteiger partial charge in [-0.3, -0.25) is 9.59 Å². The van der Waals surface area contributed by atoms with Gasteiger partial charge in [0.05, 0.1) is 0 Å². The van der Waals surface area contributed by atoms with Crippen LogP contribution in [0.5, 0.6) is 0 Å². The molecule has 20 heavy (non-hydrogen) atoms. The van der Waals surface area contributed by atoms with E-state index >= 15 is 0 Å². The van der Waals surface area contributed by atoms with Gasteiger partial charge in [0.1, 0.15) is 6.04 Å². The molecular weight excluding hydrogens is 254 g/mol. The average Bonchev–Trinajstić information content (AvgIpc) is 2.95. The van der Waals surface area contributed by atoms with E-state index < -0.39 is 0 Å². The molecule has 2 amide bonds. The first kappa shape index (κ1) is 15.3. The molecule has 3 N–H and O–H groups in total. The van der Waals surface area contributed by atoms with Gasteiger partial charge in [-0.15, -0.1) is 0 Å². The summed E-state index contributed by atoms with van der Waals surface area (Å²) in [5, 5.41) is 2.67. The van der Waals surface area contributed by atoms with E-state index in [0.717, 1.165) is 45.1 Å². The van der Waals surface area contributed by atoms with Crippen molar-refractivity contribution < 1.29 is 9.59 Å². The molecule has 0 spiro atoms. The molecule has 2 fully saturated rings. The van der Waals surface area contributed by atoms with Gasteiger partial charge in [0.15, 0.2) is 0 Å². The van der Waals surface area contributed by atoms with Gasteiger partial charge in [-0.1, -0.05) is 12.8 Å². The van der Waals surface area contributed by atoms with Crippen LogP contribution in [0.3, 0.4) is 0 Å². The highest BCUT2D eigenvalue weighted by atomic mass is 16.2. The minimum Gasteiger partial charge on any atom is -0.357 e. The van der Waals surface area contributed by atoms with E-state index in [1.54, 1.807) is 7.05 Å². The van der Waals surface area contributed by atoms with Crippen LogP contribution in [0.25, 0.3) is 0 Å². The Morgan fingerprint density at radius 1 is 1.25 bits per heavy atom. The van der Waals surface area contributed by atoms with Crippen LogP contribution in [0, 0.1) is 11.8 Å². The zero-order valence-electron chi connectivity index (χ0n) is 12.4. The van der Waals surface area contributed by atoms with Crippen LogP contribution in [0.15, 0.2) is 0 Å². The second-order valence-electron chi connectivity index (χ2n) is 6.11. The molecule has 0 aromatic rings. The minimum atomic E-state index is -0.248. The van der Waals surface area contributed by atoms with Crippen molar-refractivity contribution in [3.05, 3.63) is 0 Å². The van der Waals surface area contributed by atoms with Gasteiger partial charge < -0.3 is 16.0 Å². The van der Waals surface area contributed by atoms with Crippen molar-refractivity contribution in [3.8, 4) is 0 Å². The Bertz CT molecular complexity index is 357. The van der Waals surface area contributed by atoms with Crippen molar-refractivity contribution in [3.63, 3.8) is 0 Å². The predicted molar refractivity (Wildman–Crippen MR) is 77.9 cm³/mol. The van der Waals surface area contributed by atoms with E-state index in [1.807, 2.05) is 4.90 Å². The molecule has 3 unspecified atom stereocenters. The number of hydrogen-bond donors (Lipinski definition) is 2. The number of likely N-dealkylation sites (tertiary alicyclic amines) is 1. The maximum Gasteiger partial charge on any atom is 0.242 e. The molecule has 0 aromatic carbocycles. The molecule has 0 aromatic heterocycles. The van der Waals surface area contributed by atoms with Crippen LogP contribution < -0.4 is 11.1 Å². The first-order chi connectivity index (χ1) is 9.67. The Morgan fingerprint density at radius 3 is 2.75 bits per heavy atom. The van der Waals surface area contributed by atoms with Crippen molar-refractivity contribution in [2.24, 2.45) is 17.6 Å². The summed E-state index contributed by atoms with van der Waals surface area (Å²) in [6.45, 7) is 1.44. The second-order valence-corrected chi connectivity index (χ2v) is 6.11. The van der Waals surface area contributed by atoms with Gasteiger partial charge in [0.25, 0.3) is 0 Å². The summed E-state index contributed by atoms with van der Waals surface area (Å²) in [5.74, 6) is 0.859. The number of carbonyl (C=O) groups is 2. The van der Waals surface area contributed by atoms with E-state index in [9.17, 15) is 9.59 Å². The van der Waals surface area contributed by atoms with E-state index in [0.29, 0.717) is 12.5 Å². The fourth-order valence-corrected chi connectivity index (χ4v) is 3.72. The van der Waals surface area contributed by atoms with Crippen LogP contribution in [0.1, 0.15) is 44.9 Å². The molecule has 5 heteroatoms. The highest BCUT2D eigenvalue weighted by Crippen LogP contribution is 2.33. The van der Waals surface area contributed by atoms with E-state index in [1.165, 1.54) is 6.42 Å². The van der Waals surface area contributed by atoms with Gasteiger partial charge in [-0.2, -0.15) is 0 Å². The lowest BCUT2D eigenvalue weighted by Gasteiger charge is -2.33. The van der Waals surface area contributed by atoms with Gasteiger partial charge >= 0.3 is 0 Å². The molecule has 0 radical (unpaired) electrons. The quantitative estimate of drug-likeness (QED) is 0.803. The standard InChI is InChI=1S/C15H27N3O2/c1-17-14(19)13-6-3-9-18(13)15(20)12-5-2-4-11(10-12)7-8-16/h11-13H,2-10,16H2,1H3,(H,17,19). The average molecular weight is 281 g/mol. The summed E-state index contributed by atoms with van der Waals surface area (Å²) in [4.78, 5) is 26.4. The predicted octanol–water partition coefficient (Wildman–Crippen LogP) is 0.879. The van der Waals surface area contributed by atoms with E-state index in [2.05, 4.69) is 5.32 Å². The zero-order valence-corrected chi connectivity index (χ0v) is 12.4. The van der Waals surface area contributed by atoms with Crippen LogP contribution >= 0.6 is 0 Å². The van der Waals surface area contributed by atoms with Gasteiger partial charge in [-0.25, -0.2) is 0 Å². The molecular formula is C15H27N3O2. The zero-order chi connectivity index (χ0) is 14.5. The number of hydrogen-bond acceptors (Lipinski definition) is 3. The van der Waals surface area contributed by atoms with Crippen LogP contribution in [-0.2, 0) is 9.59 Å². The van der Waals surface area contributed by atoms with Crippen LogP contribution in [0.4, 0.5) is 0 Å². The number of nitrogens with one attached hydrogen (secondary N) is 1. The summed E-state index contributed by atoms with van der Waals surface area (Å²) < 4.78 is 0. The van der Waals surface area contributed by atoms with Crippen LogP contribution in [-0.4, -0.2) is 42.9 Å². The van der Waals surface area contributed by atoms with Crippen molar-refractivity contribution >= 4 is 11.8 Å². The Kier molecular flexibility index (Phi) is 5.40. The number of likely N-dealkylation sites (N-methyl/N-ethyl adjacent to an activating group) is 1. The first-order valence-corrected chi connectivity index (χ1v) is 7.89. The fraction of sp³-hybridized carbons (Fsp3) is 0.867. The van der Waals surface area contributed by atoms with Crippen molar-refractivity contribution in [2.45, 2.75) is 51.0 Å². The van der Waals surface area contributed by atoms with E-state index in [-0.39, 0.29) is 23.8 Å². The third kappa shape index (κ3) is 3.32. The van der Waals surface area contributed by atoms with Crippen LogP contribution in [0.2, 0.25) is 0 Å². The maximum atomic E-state index is 12.7. The lowest BCUT2D eigenvalue weighted by Crippen LogP contribution is -2.47. The minimum absolute atomic E-state index is 0.0230. The molecule has 1 aliphatic heterocycles. The van der Waals surface area contributed by atoms with E-state index in [4.69, 9.17) is 5.73 Å². The Morgan fingerprint density at radius 2 is 2.05 bits per heavy atom. The lowest BCUT2D eigenvalue weighted by molar-refractivity contribution is -0.142. The Hall–Kier alpha value is -1.10. The molecule has 1 heterocycles. The third-order valence-electron chi connectivity index (χ3n) is 4.79. The lowest BCUT2D eigenvalue weighted by atomic mass is 9.79. The van der Waals surface area contributed by atoms with Crippen molar-refractivity contribution in [1.29, 1.82) is 0 Å². The number of amides is 2. The molecule has 114 valence electrons. The molecule has 1 saturated heterocycles. The summed E-state index contributed by atoms with van der Waals surface area (Å²) in [5.41, 5.74) is 5.63. The first-order valence-electron chi connectivity index (χ1n) is 7.89. The monoisotopic (exact) mass is 281 g/mol. The van der Waals surface area contributed by atoms with Crippen molar-refractivity contribution in [1.82, 2.24) is 10.2 Å². The van der Waals surface area contributed by atoms with Gasteiger partial charge in [-0.05, 0) is 44.6 Å². The molecule has 2 rings (SSSR count). The summed E-state index contributed by atoms with van der Waals surface area (Å²) >= 11 is 0. The fourth-order valence-electron chi connectivity index (χ4n) is 3.72. The number of nitrogens with two attached hydrogens (primary N) is 1. The summed E-state index contributed by atoms with van der Waals surface area (Å²) in [7, 11) is 1.64. The third-order valence-corrected chi connectivity index (χ3v) is 4.79. The topological polar surface area (TPSA) is 75.4 Å². The smallest absolute Gasteiger partial charge is 0.242 e. The largest absolute Gasteiger partial charge is 0.357 e. The highest BCUT2D eigenvalue weighted by Gasteiger charge is 2.38. The van der Waals surface area contributed by atoms with Gasteiger partial charge in [0, 0.05) is 19.5 Å². The molecule has 2 aliphatic rings. The Labute approximate surface area is 121 Å². The summed E-state index contributed by atoms with van der Waals surface area (Å²) in [6.07, 6.45) is 6.97. The molecule has 5 nitrogen and oxygen atoms in total. The summed E-state index contributed by atoms with van der Waals surface area (Å²) in [6, 6.07) is -0.248. The number of rotatable bonds is 4. The molecule has 3 atom stereocenters. The number of nitrogens with zero attached hydrogens (tertiary/aromatic N) is 1. The molecule has 1 saturated carbocycles. The maximum absolute atomic E-state index is 12.7. The number of carbonyl (C=O) groups excluding carboxylic acids is 2. The highest BCUT2D eigenvalue weighted by molar-refractivity contribution is 5.89. The van der Waals surface area contributed by atoms with Crippen molar-refractivity contribution in [2.75, 3.05) is 20.1 Å². The Balaban J connectivity index is 1.97. The normalized spacial score (nSPS) is 30.3. The van der Waals surface area contributed by atoms with Gasteiger partial charge in [0.2, 0.25) is 11.8 Å².